The highest BCUT2D eigenvalue weighted by Crippen LogP contribution is 2.28. The van der Waals surface area contributed by atoms with Crippen LogP contribution in [0.15, 0.2) is 48.5 Å². The van der Waals surface area contributed by atoms with Crippen molar-refractivity contribution in [3.05, 3.63) is 54.1 Å². The zero-order valence-corrected chi connectivity index (χ0v) is 19.2. The smallest absolute Gasteiger partial charge is 0.492 e. The van der Waals surface area contributed by atoms with E-state index in [2.05, 4.69) is 9.46 Å². The van der Waals surface area contributed by atoms with Crippen molar-refractivity contribution in [2.45, 2.75) is 25.3 Å². The highest BCUT2D eigenvalue weighted by molar-refractivity contribution is 7.88. The molecular formula is C22H25F3N2O6S. The minimum atomic E-state index is -4.78. The van der Waals surface area contributed by atoms with Crippen LogP contribution in [0, 0.1) is 0 Å². The molecule has 0 atom stereocenters. The third kappa shape index (κ3) is 8.41. The Hall–Kier alpha value is -2.99. The number of sulfonamides is 1. The SMILES string of the molecule is CS(=O)(=O)NCCOc1cccc(C(=O)N2CCC(Oc3cccc(OC(F)(F)F)c3)CC2)c1. The number of alkyl halides is 3. The lowest BCUT2D eigenvalue weighted by molar-refractivity contribution is -0.274. The molecule has 0 aliphatic carbocycles. The van der Waals surface area contributed by atoms with Crippen LogP contribution in [0.2, 0.25) is 0 Å². The molecule has 0 saturated carbocycles. The lowest BCUT2D eigenvalue weighted by Gasteiger charge is -2.32. The molecule has 0 unspecified atom stereocenters. The maximum atomic E-state index is 12.9. The number of carbonyl (C=O) groups is 1. The minimum absolute atomic E-state index is 0.107. The molecule has 0 aromatic heterocycles. The molecular weight excluding hydrogens is 477 g/mol. The third-order valence-corrected chi connectivity index (χ3v) is 5.62. The van der Waals surface area contributed by atoms with Gasteiger partial charge in [-0.2, -0.15) is 0 Å². The summed E-state index contributed by atoms with van der Waals surface area (Å²) in [6.07, 6.45) is -2.94. The number of rotatable bonds is 9. The van der Waals surface area contributed by atoms with E-state index in [9.17, 15) is 26.4 Å². The van der Waals surface area contributed by atoms with Crippen molar-refractivity contribution in [3.63, 3.8) is 0 Å². The third-order valence-electron chi connectivity index (χ3n) is 4.89. The quantitative estimate of drug-likeness (QED) is 0.530. The Balaban J connectivity index is 1.50. The van der Waals surface area contributed by atoms with Crippen molar-refractivity contribution in [1.82, 2.24) is 9.62 Å². The van der Waals surface area contributed by atoms with E-state index in [0.29, 0.717) is 37.2 Å². The van der Waals surface area contributed by atoms with Gasteiger partial charge in [-0.05, 0) is 30.3 Å². The molecule has 1 saturated heterocycles. The summed E-state index contributed by atoms with van der Waals surface area (Å²) in [7, 11) is -3.30. The Morgan fingerprint density at radius 1 is 1.06 bits per heavy atom. The predicted molar refractivity (Wildman–Crippen MR) is 117 cm³/mol. The van der Waals surface area contributed by atoms with E-state index in [0.717, 1.165) is 6.26 Å². The monoisotopic (exact) mass is 502 g/mol. The summed E-state index contributed by atoms with van der Waals surface area (Å²) in [4.78, 5) is 14.5. The first-order valence-corrected chi connectivity index (χ1v) is 12.4. The molecule has 1 aliphatic heterocycles. The van der Waals surface area contributed by atoms with Crippen LogP contribution in [0.5, 0.6) is 17.2 Å². The van der Waals surface area contributed by atoms with E-state index in [-0.39, 0.29) is 36.7 Å². The summed E-state index contributed by atoms with van der Waals surface area (Å²) in [5, 5.41) is 0. The van der Waals surface area contributed by atoms with E-state index in [1.54, 1.807) is 35.2 Å². The molecule has 1 N–H and O–H groups in total. The van der Waals surface area contributed by atoms with Gasteiger partial charge < -0.3 is 19.1 Å². The normalized spacial score (nSPS) is 15.1. The van der Waals surface area contributed by atoms with Crippen LogP contribution in [0.1, 0.15) is 23.2 Å². The van der Waals surface area contributed by atoms with Crippen LogP contribution in [-0.4, -0.2) is 64.2 Å². The van der Waals surface area contributed by atoms with Crippen molar-refractivity contribution in [2.75, 3.05) is 32.5 Å². The summed E-state index contributed by atoms with van der Waals surface area (Å²) < 4.78 is 76.9. The molecule has 0 radical (unpaired) electrons. The van der Waals surface area contributed by atoms with Crippen LogP contribution in [0.25, 0.3) is 0 Å². The fourth-order valence-electron chi connectivity index (χ4n) is 3.41. The van der Waals surface area contributed by atoms with Gasteiger partial charge in [-0.15, -0.1) is 13.2 Å². The second-order valence-corrected chi connectivity index (χ2v) is 9.51. The number of hydrogen-bond donors (Lipinski definition) is 1. The lowest BCUT2D eigenvalue weighted by Crippen LogP contribution is -2.41. The molecule has 34 heavy (non-hydrogen) atoms. The maximum absolute atomic E-state index is 12.9. The van der Waals surface area contributed by atoms with Gasteiger partial charge in [-0.1, -0.05) is 12.1 Å². The Labute approximate surface area is 195 Å². The summed E-state index contributed by atoms with van der Waals surface area (Å²) in [5.41, 5.74) is 0.435. The lowest BCUT2D eigenvalue weighted by atomic mass is 10.1. The summed E-state index contributed by atoms with van der Waals surface area (Å²) in [6.45, 7) is 1.07. The molecule has 8 nitrogen and oxygen atoms in total. The first kappa shape index (κ1) is 25.6. The highest BCUT2D eigenvalue weighted by Gasteiger charge is 2.31. The maximum Gasteiger partial charge on any atom is 0.573 e. The standard InChI is InChI=1S/C22H25F3N2O6S/c1-34(29,30)26-10-13-31-18-5-2-4-16(14-18)21(28)27-11-8-17(9-12-27)32-19-6-3-7-20(15-19)33-22(23,24)25/h2-7,14-15,17,26H,8-13H2,1H3. The molecule has 0 spiro atoms. The van der Waals surface area contributed by atoms with Crippen LogP contribution in [-0.2, 0) is 10.0 Å². The summed E-state index contributed by atoms with van der Waals surface area (Å²) >= 11 is 0. The van der Waals surface area contributed by atoms with Gasteiger partial charge in [0.15, 0.2) is 0 Å². The van der Waals surface area contributed by atoms with Crippen molar-refractivity contribution in [3.8, 4) is 17.2 Å². The number of ether oxygens (including phenoxy) is 3. The van der Waals surface area contributed by atoms with Gasteiger partial charge in [0.1, 0.15) is 30.0 Å². The summed E-state index contributed by atoms with van der Waals surface area (Å²) in [6, 6.07) is 12.0. The fraction of sp³-hybridized carbons (Fsp3) is 0.409. The number of carbonyl (C=O) groups excluding carboxylic acids is 1. The number of likely N-dealkylation sites (tertiary alicyclic amines) is 1. The second kappa shape index (κ2) is 11.0. The molecule has 1 amide bonds. The highest BCUT2D eigenvalue weighted by atomic mass is 32.2. The van der Waals surface area contributed by atoms with Gasteiger partial charge in [0.05, 0.1) is 6.26 Å². The van der Waals surface area contributed by atoms with Crippen molar-refractivity contribution >= 4 is 15.9 Å². The van der Waals surface area contributed by atoms with Crippen molar-refractivity contribution in [1.29, 1.82) is 0 Å². The zero-order chi connectivity index (χ0) is 24.8. The fourth-order valence-corrected chi connectivity index (χ4v) is 3.87. The first-order valence-electron chi connectivity index (χ1n) is 10.5. The van der Waals surface area contributed by atoms with E-state index < -0.39 is 16.4 Å². The van der Waals surface area contributed by atoms with E-state index >= 15 is 0 Å². The Bertz CT molecular complexity index is 1090. The topological polar surface area (TPSA) is 94.2 Å². The Kier molecular flexibility index (Phi) is 8.26. The number of benzene rings is 2. The number of piperidine rings is 1. The number of halogens is 3. The first-order chi connectivity index (χ1) is 16.0. The Morgan fingerprint density at radius 2 is 1.71 bits per heavy atom. The van der Waals surface area contributed by atoms with Gasteiger partial charge in [0, 0.05) is 44.1 Å². The van der Waals surface area contributed by atoms with Crippen LogP contribution >= 0.6 is 0 Å². The molecule has 1 heterocycles. The largest absolute Gasteiger partial charge is 0.573 e. The second-order valence-electron chi connectivity index (χ2n) is 7.67. The molecule has 186 valence electrons. The molecule has 2 aromatic carbocycles. The van der Waals surface area contributed by atoms with Crippen LogP contribution in [0.3, 0.4) is 0 Å². The predicted octanol–water partition coefficient (Wildman–Crippen LogP) is 3.20. The van der Waals surface area contributed by atoms with Gasteiger partial charge >= 0.3 is 6.36 Å². The van der Waals surface area contributed by atoms with E-state index in [1.807, 2.05) is 0 Å². The van der Waals surface area contributed by atoms with Crippen LogP contribution < -0.4 is 18.9 Å². The van der Waals surface area contributed by atoms with Gasteiger partial charge in [0.2, 0.25) is 10.0 Å². The van der Waals surface area contributed by atoms with E-state index in [4.69, 9.17) is 9.47 Å². The Morgan fingerprint density at radius 3 is 2.38 bits per heavy atom. The van der Waals surface area contributed by atoms with Crippen molar-refractivity contribution in [2.24, 2.45) is 0 Å². The van der Waals surface area contributed by atoms with Gasteiger partial charge in [0.25, 0.3) is 5.91 Å². The van der Waals surface area contributed by atoms with Crippen molar-refractivity contribution < 1.29 is 40.6 Å². The summed E-state index contributed by atoms with van der Waals surface area (Å²) in [5.74, 6) is 0.174. The zero-order valence-electron chi connectivity index (χ0n) is 18.4. The molecule has 1 aliphatic rings. The molecule has 3 rings (SSSR count). The molecule has 2 aromatic rings. The number of nitrogens with one attached hydrogen (secondary N) is 1. The van der Waals surface area contributed by atoms with Gasteiger partial charge in [-0.25, -0.2) is 13.1 Å². The average molecular weight is 503 g/mol. The van der Waals surface area contributed by atoms with E-state index in [1.165, 1.54) is 18.2 Å². The number of amides is 1. The van der Waals surface area contributed by atoms with Crippen LogP contribution in [0.4, 0.5) is 13.2 Å². The number of hydrogen-bond acceptors (Lipinski definition) is 6. The minimum Gasteiger partial charge on any atom is -0.492 e. The molecule has 0 bridgehead atoms. The molecule has 1 fully saturated rings. The van der Waals surface area contributed by atoms with Gasteiger partial charge in [-0.3, -0.25) is 4.79 Å². The number of nitrogens with zero attached hydrogens (tertiary/aromatic N) is 1. The average Bonchev–Trinajstić information content (AvgIpc) is 2.75. The molecule has 12 heteroatoms.